The molecule has 0 aliphatic carbocycles. The van der Waals surface area contributed by atoms with Gasteiger partial charge in [0.25, 0.3) is 0 Å². The van der Waals surface area contributed by atoms with Crippen LogP contribution in [-0.2, 0) is 14.3 Å². The van der Waals surface area contributed by atoms with Crippen LogP contribution in [0.4, 0.5) is 0 Å². The van der Waals surface area contributed by atoms with Crippen LogP contribution in [0.5, 0.6) is 0 Å². The lowest BCUT2D eigenvalue weighted by Gasteiger charge is -2.28. The molecule has 0 radical (unpaired) electrons. The molecular weight excluding hydrogens is 328 g/mol. The normalized spacial score (nSPS) is 11.2. The van der Waals surface area contributed by atoms with Gasteiger partial charge in [0.1, 0.15) is 6.10 Å². The smallest absolute Gasteiger partial charge is 0.249 e. The molecule has 0 saturated carbocycles. The van der Waals surface area contributed by atoms with E-state index < -0.39 is 17.4 Å². The van der Waals surface area contributed by atoms with Gasteiger partial charge in [0, 0.05) is 37.8 Å². The number of aliphatic hydroxyl groups excluding tert-OH is 1. The van der Waals surface area contributed by atoms with Gasteiger partial charge in [0.05, 0.1) is 6.61 Å². The second kappa shape index (κ2) is 18.5. The Morgan fingerprint density at radius 2 is 1.67 bits per heavy atom. The average Bonchev–Trinajstić information content (AvgIpc) is 2.54. The predicted octanol–water partition coefficient (Wildman–Crippen LogP) is 2.01. The zero-order valence-corrected chi connectivity index (χ0v) is 17.3. The maximum absolute atomic E-state index is 11.7. The van der Waals surface area contributed by atoms with E-state index in [2.05, 4.69) is 37.1 Å². The molecule has 0 bridgehead atoms. The molecule has 0 aliphatic heterocycles. The molecule has 0 heterocycles. The van der Waals surface area contributed by atoms with E-state index in [1.165, 1.54) is 13.5 Å². The Morgan fingerprint density at radius 1 is 1.17 bits per heavy atom. The molecule has 146 valence electrons. The van der Waals surface area contributed by atoms with Gasteiger partial charge in [-0.3, -0.25) is 9.59 Å². The highest BCUT2D eigenvalue weighted by Crippen LogP contribution is 2.20. The number of carbonyl (C=O) groups excluding carboxylic acids is 2. The summed E-state index contributed by atoms with van der Waals surface area (Å²) in [4.78, 5) is 23.0. The van der Waals surface area contributed by atoms with Crippen LogP contribution in [0.3, 0.4) is 0 Å². The number of amides is 2. The van der Waals surface area contributed by atoms with Crippen LogP contribution in [0.15, 0.2) is 0 Å². The van der Waals surface area contributed by atoms with Crippen LogP contribution < -0.4 is 10.6 Å². The van der Waals surface area contributed by atoms with Crippen molar-refractivity contribution in [2.24, 2.45) is 5.41 Å². The SMILES string of the molecule is CC.CCC.COCC(C)(C)[C@@H](O)C(=O)NCCC(=O)NCCS. The molecule has 7 heteroatoms. The maximum Gasteiger partial charge on any atom is 0.249 e. The number of hydrogen-bond acceptors (Lipinski definition) is 5. The summed E-state index contributed by atoms with van der Waals surface area (Å²) < 4.78 is 4.95. The molecule has 1 atom stereocenters. The monoisotopic (exact) mass is 366 g/mol. The fourth-order valence-electron chi connectivity index (χ4n) is 1.49. The summed E-state index contributed by atoms with van der Waals surface area (Å²) in [6.07, 6.45) is 0.254. The highest BCUT2D eigenvalue weighted by molar-refractivity contribution is 7.80. The number of aliphatic hydroxyl groups is 1. The van der Waals surface area contributed by atoms with E-state index in [-0.39, 0.29) is 25.5 Å². The minimum Gasteiger partial charge on any atom is -0.384 e. The van der Waals surface area contributed by atoms with Gasteiger partial charge < -0.3 is 20.5 Å². The highest BCUT2D eigenvalue weighted by atomic mass is 32.1. The zero-order chi connectivity index (χ0) is 19.6. The van der Waals surface area contributed by atoms with E-state index in [4.69, 9.17) is 4.74 Å². The summed E-state index contributed by atoms with van der Waals surface area (Å²) in [7, 11) is 1.51. The number of nitrogens with one attached hydrogen (secondary N) is 2. The fourth-order valence-corrected chi connectivity index (χ4v) is 1.60. The van der Waals surface area contributed by atoms with Gasteiger partial charge in [-0.25, -0.2) is 0 Å². The third-order valence-electron chi connectivity index (χ3n) is 2.59. The Bertz CT molecular complexity index is 313. The third kappa shape index (κ3) is 16.1. The van der Waals surface area contributed by atoms with Crippen molar-refractivity contribution in [3.05, 3.63) is 0 Å². The van der Waals surface area contributed by atoms with Gasteiger partial charge in [-0.2, -0.15) is 12.6 Å². The van der Waals surface area contributed by atoms with E-state index in [1.54, 1.807) is 13.8 Å². The summed E-state index contributed by atoms with van der Waals surface area (Å²) in [5.74, 6) is -0.0776. The quantitative estimate of drug-likeness (QED) is 0.470. The largest absolute Gasteiger partial charge is 0.384 e. The number of carbonyl (C=O) groups is 2. The number of thiol groups is 1. The molecule has 0 saturated heterocycles. The van der Waals surface area contributed by atoms with E-state index in [1.807, 2.05) is 13.8 Å². The summed E-state index contributed by atoms with van der Waals surface area (Å²) in [5, 5.41) is 15.0. The van der Waals surface area contributed by atoms with Crippen molar-refractivity contribution in [3.8, 4) is 0 Å². The van der Waals surface area contributed by atoms with Crippen LogP contribution in [0.1, 0.15) is 54.4 Å². The summed E-state index contributed by atoms with van der Waals surface area (Å²) in [6.45, 7) is 12.7. The molecule has 0 aromatic heterocycles. The first-order valence-electron chi connectivity index (χ1n) is 8.59. The van der Waals surface area contributed by atoms with Crippen LogP contribution in [0.2, 0.25) is 0 Å². The number of methoxy groups -OCH3 is 1. The minimum atomic E-state index is -1.17. The van der Waals surface area contributed by atoms with Crippen molar-refractivity contribution in [2.45, 2.75) is 60.5 Å². The van der Waals surface area contributed by atoms with Crippen molar-refractivity contribution < 1.29 is 19.4 Å². The molecule has 6 nitrogen and oxygen atoms in total. The van der Waals surface area contributed by atoms with Gasteiger partial charge in [-0.15, -0.1) is 0 Å². The van der Waals surface area contributed by atoms with Crippen molar-refractivity contribution in [1.82, 2.24) is 10.6 Å². The van der Waals surface area contributed by atoms with Crippen molar-refractivity contribution in [3.63, 3.8) is 0 Å². The van der Waals surface area contributed by atoms with Crippen LogP contribution in [-0.4, -0.2) is 55.6 Å². The lowest BCUT2D eigenvalue weighted by Crippen LogP contribution is -2.46. The first-order chi connectivity index (χ1) is 11.3. The molecule has 0 spiro atoms. The van der Waals surface area contributed by atoms with E-state index in [0.29, 0.717) is 12.3 Å². The molecule has 2 amide bonds. The minimum absolute atomic E-state index is 0.153. The standard InChI is InChI=1S/C12H24N2O4S.C3H8.C2H6/c1-12(2,8-18-3)10(16)11(17)14-5-4-9(15)13-6-7-19;1-3-2;1-2/h10,16,19H,4-8H2,1-3H3,(H,13,15)(H,14,17);3H2,1-2H3;1-2H3/t10-;;/m0../s1. The van der Waals surface area contributed by atoms with Gasteiger partial charge in [0.2, 0.25) is 11.8 Å². The summed E-state index contributed by atoms with van der Waals surface area (Å²) in [5.41, 5.74) is -0.673. The lowest BCUT2D eigenvalue weighted by atomic mass is 9.87. The van der Waals surface area contributed by atoms with Crippen molar-refractivity contribution in [1.29, 1.82) is 0 Å². The van der Waals surface area contributed by atoms with Crippen LogP contribution in [0, 0.1) is 5.41 Å². The molecule has 0 fully saturated rings. The van der Waals surface area contributed by atoms with Crippen LogP contribution >= 0.6 is 12.6 Å². The maximum atomic E-state index is 11.7. The van der Waals surface area contributed by atoms with Crippen molar-refractivity contribution >= 4 is 24.4 Å². The Labute approximate surface area is 153 Å². The Balaban J connectivity index is -0.000000786. The molecule has 0 unspecified atom stereocenters. The molecular formula is C17H38N2O4S. The molecule has 24 heavy (non-hydrogen) atoms. The predicted molar refractivity (Wildman–Crippen MR) is 103 cm³/mol. The van der Waals surface area contributed by atoms with Gasteiger partial charge >= 0.3 is 0 Å². The third-order valence-corrected chi connectivity index (χ3v) is 2.81. The molecule has 3 N–H and O–H groups in total. The molecule has 0 rings (SSSR count). The topological polar surface area (TPSA) is 87.7 Å². The average molecular weight is 367 g/mol. The van der Waals surface area contributed by atoms with Crippen molar-refractivity contribution in [2.75, 3.05) is 32.6 Å². The summed E-state index contributed by atoms with van der Waals surface area (Å²) in [6, 6.07) is 0. The van der Waals surface area contributed by atoms with E-state index in [0.717, 1.165) is 0 Å². The second-order valence-corrected chi connectivity index (χ2v) is 6.09. The molecule has 0 aliphatic rings. The van der Waals surface area contributed by atoms with Gasteiger partial charge in [-0.1, -0.05) is 48.0 Å². The highest BCUT2D eigenvalue weighted by Gasteiger charge is 2.33. The number of rotatable bonds is 9. The zero-order valence-electron chi connectivity index (χ0n) is 16.4. The van der Waals surface area contributed by atoms with Gasteiger partial charge in [-0.05, 0) is 0 Å². The van der Waals surface area contributed by atoms with Gasteiger partial charge in [0.15, 0.2) is 0 Å². The fraction of sp³-hybridized carbons (Fsp3) is 0.882. The first-order valence-corrected chi connectivity index (χ1v) is 9.22. The van der Waals surface area contributed by atoms with E-state index in [9.17, 15) is 14.7 Å². The Morgan fingerprint density at radius 3 is 2.08 bits per heavy atom. The Kier molecular flexibility index (Phi) is 21.7. The Hall–Kier alpha value is -0.790. The lowest BCUT2D eigenvalue weighted by molar-refractivity contribution is -0.137. The first kappa shape index (κ1) is 28.0. The van der Waals surface area contributed by atoms with Crippen LogP contribution in [0.25, 0.3) is 0 Å². The second-order valence-electron chi connectivity index (χ2n) is 5.65. The molecule has 0 aromatic rings. The molecule has 0 aromatic carbocycles. The van der Waals surface area contributed by atoms with E-state index >= 15 is 0 Å². The number of hydrogen-bond donors (Lipinski definition) is 4. The summed E-state index contributed by atoms with van der Waals surface area (Å²) >= 11 is 3.97. The number of ether oxygens (including phenoxy) is 1.